The van der Waals surface area contributed by atoms with Gasteiger partial charge in [-0.1, -0.05) is 19.8 Å². The Hall–Kier alpha value is -0.610. The molecule has 4 heteroatoms. The number of aliphatic hydroxyl groups excluding tert-OH is 1. The lowest BCUT2D eigenvalue weighted by molar-refractivity contribution is -0.152. The molecule has 0 aromatic carbocycles. The smallest absolute Gasteiger partial charge is 0.323 e. The number of esters is 1. The Kier molecular flexibility index (Phi) is 6.65. The van der Waals surface area contributed by atoms with E-state index in [0.29, 0.717) is 6.61 Å². The molecule has 0 radical (unpaired) electrons. The van der Waals surface area contributed by atoms with Gasteiger partial charge in [0.15, 0.2) is 0 Å². The van der Waals surface area contributed by atoms with Gasteiger partial charge in [-0.25, -0.2) is 0 Å². The van der Waals surface area contributed by atoms with Gasteiger partial charge in [-0.3, -0.25) is 9.69 Å². The highest BCUT2D eigenvalue weighted by atomic mass is 16.5. The molecule has 1 aliphatic heterocycles. The first-order valence-corrected chi connectivity index (χ1v) is 7.18. The van der Waals surface area contributed by atoms with E-state index in [1.165, 1.54) is 0 Å². The van der Waals surface area contributed by atoms with E-state index in [9.17, 15) is 9.90 Å². The molecule has 1 fully saturated rings. The summed E-state index contributed by atoms with van der Waals surface area (Å²) in [7, 11) is 0. The maximum Gasteiger partial charge on any atom is 0.323 e. The van der Waals surface area contributed by atoms with Gasteiger partial charge in [0, 0.05) is 6.04 Å². The van der Waals surface area contributed by atoms with E-state index >= 15 is 0 Å². The number of unbranched alkanes of at least 4 members (excludes halogenated alkanes) is 1. The lowest BCUT2D eigenvalue weighted by Crippen LogP contribution is -2.52. The third kappa shape index (κ3) is 4.25. The summed E-state index contributed by atoms with van der Waals surface area (Å²) in [5.74, 6) is -0.156. The zero-order valence-electron chi connectivity index (χ0n) is 11.9. The molecule has 4 nitrogen and oxygen atoms in total. The minimum atomic E-state index is -0.392. The molecule has 18 heavy (non-hydrogen) atoms. The highest BCUT2D eigenvalue weighted by Crippen LogP contribution is 2.22. The average molecular weight is 257 g/mol. The molecule has 0 saturated carbocycles. The van der Waals surface area contributed by atoms with Gasteiger partial charge in [-0.05, 0) is 39.7 Å². The van der Waals surface area contributed by atoms with Crippen LogP contribution in [-0.4, -0.2) is 47.3 Å². The Morgan fingerprint density at radius 2 is 2.17 bits per heavy atom. The number of piperidine rings is 1. The molecule has 1 rings (SSSR count). The minimum absolute atomic E-state index is 0.0903. The molecule has 0 aromatic rings. The van der Waals surface area contributed by atoms with E-state index in [0.717, 1.165) is 38.6 Å². The van der Waals surface area contributed by atoms with Gasteiger partial charge in [0.05, 0.1) is 12.7 Å². The van der Waals surface area contributed by atoms with E-state index in [2.05, 4.69) is 11.8 Å². The fraction of sp³-hybridized carbons (Fsp3) is 0.929. The van der Waals surface area contributed by atoms with Crippen molar-refractivity contribution >= 4 is 5.97 Å². The third-order valence-electron chi connectivity index (χ3n) is 3.73. The third-order valence-corrected chi connectivity index (χ3v) is 3.73. The van der Waals surface area contributed by atoms with Crippen LogP contribution in [0.5, 0.6) is 0 Å². The fourth-order valence-corrected chi connectivity index (χ4v) is 2.55. The van der Waals surface area contributed by atoms with Gasteiger partial charge in [0.25, 0.3) is 0 Å². The molecule has 106 valence electrons. The van der Waals surface area contributed by atoms with E-state index in [4.69, 9.17) is 4.74 Å². The standard InChI is InChI=1S/C14H27NO3/c1-4-5-10-18-14(17)11(2)15-9-7-6-8-13(15)12(3)16/h11-13,16H,4-10H2,1-3H3. The first kappa shape index (κ1) is 15.4. The molecule has 0 spiro atoms. The van der Waals surface area contributed by atoms with Crippen LogP contribution in [0, 0.1) is 0 Å². The molecule has 0 aliphatic carbocycles. The van der Waals surface area contributed by atoms with Gasteiger partial charge in [0.1, 0.15) is 6.04 Å². The van der Waals surface area contributed by atoms with Crippen LogP contribution in [0.2, 0.25) is 0 Å². The molecule has 0 bridgehead atoms. The fourth-order valence-electron chi connectivity index (χ4n) is 2.55. The van der Waals surface area contributed by atoms with Crippen molar-refractivity contribution in [1.82, 2.24) is 4.90 Å². The number of nitrogens with zero attached hydrogens (tertiary/aromatic N) is 1. The Labute approximate surface area is 110 Å². The number of aliphatic hydroxyl groups is 1. The Morgan fingerprint density at radius 3 is 2.78 bits per heavy atom. The molecule has 1 aliphatic rings. The van der Waals surface area contributed by atoms with Gasteiger partial charge < -0.3 is 9.84 Å². The summed E-state index contributed by atoms with van der Waals surface area (Å²) < 4.78 is 5.26. The summed E-state index contributed by atoms with van der Waals surface area (Å²) in [6, 6.07) is -0.158. The lowest BCUT2D eigenvalue weighted by atomic mass is 9.96. The molecular weight excluding hydrogens is 230 g/mol. The van der Waals surface area contributed by atoms with E-state index in [-0.39, 0.29) is 18.1 Å². The quantitative estimate of drug-likeness (QED) is 0.584. The number of carbonyl (C=O) groups is 1. The number of hydrogen-bond acceptors (Lipinski definition) is 4. The molecule has 1 heterocycles. The number of likely N-dealkylation sites (tertiary alicyclic amines) is 1. The van der Waals surface area contributed by atoms with Crippen LogP contribution in [0.25, 0.3) is 0 Å². The van der Waals surface area contributed by atoms with Crippen molar-refractivity contribution in [2.24, 2.45) is 0 Å². The minimum Gasteiger partial charge on any atom is -0.465 e. The summed E-state index contributed by atoms with van der Waals surface area (Å²) in [5.41, 5.74) is 0. The van der Waals surface area contributed by atoms with Gasteiger partial charge in [0.2, 0.25) is 0 Å². The monoisotopic (exact) mass is 257 g/mol. The molecule has 1 saturated heterocycles. The zero-order valence-corrected chi connectivity index (χ0v) is 11.9. The first-order chi connectivity index (χ1) is 8.57. The topological polar surface area (TPSA) is 49.8 Å². The zero-order chi connectivity index (χ0) is 13.5. The van der Waals surface area contributed by atoms with Crippen LogP contribution in [0.1, 0.15) is 52.9 Å². The lowest BCUT2D eigenvalue weighted by Gasteiger charge is -2.40. The van der Waals surface area contributed by atoms with Crippen molar-refractivity contribution in [1.29, 1.82) is 0 Å². The van der Waals surface area contributed by atoms with Crippen LogP contribution in [0.15, 0.2) is 0 Å². The Morgan fingerprint density at radius 1 is 1.44 bits per heavy atom. The number of hydrogen-bond donors (Lipinski definition) is 1. The summed E-state index contributed by atoms with van der Waals surface area (Å²) >= 11 is 0. The molecule has 3 unspecified atom stereocenters. The summed E-state index contributed by atoms with van der Waals surface area (Å²) in [5, 5.41) is 9.80. The molecule has 1 N–H and O–H groups in total. The van der Waals surface area contributed by atoms with E-state index < -0.39 is 6.10 Å². The molecular formula is C14H27NO3. The molecule has 0 aromatic heterocycles. The Bertz CT molecular complexity index is 255. The van der Waals surface area contributed by atoms with Crippen molar-refractivity contribution in [3.05, 3.63) is 0 Å². The van der Waals surface area contributed by atoms with Crippen LogP contribution in [-0.2, 0) is 9.53 Å². The van der Waals surface area contributed by atoms with E-state index in [1.54, 1.807) is 6.92 Å². The van der Waals surface area contributed by atoms with Gasteiger partial charge in [-0.15, -0.1) is 0 Å². The summed E-state index contributed by atoms with van der Waals surface area (Å²) in [6.07, 6.45) is 4.74. The number of carbonyl (C=O) groups excluding carboxylic acids is 1. The largest absolute Gasteiger partial charge is 0.465 e. The number of ether oxygens (including phenoxy) is 1. The van der Waals surface area contributed by atoms with Crippen molar-refractivity contribution in [2.45, 2.75) is 71.1 Å². The highest BCUT2D eigenvalue weighted by molar-refractivity contribution is 5.75. The van der Waals surface area contributed by atoms with Crippen LogP contribution in [0.4, 0.5) is 0 Å². The second-order valence-electron chi connectivity index (χ2n) is 5.24. The summed E-state index contributed by atoms with van der Waals surface area (Å²) in [4.78, 5) is 14.0. The van der Waals surface area contributed by atoms with E-state index in [1.807, 2.05) is 6.92 Å². The highest BCUT2D eigenvalue weighted by Gasteiger charge is 2.33. The average Bonchev–Trinajstić information content (AvgIpc) is 2.38. The van der Waals surface area contributed by atoms with Gasteiger partial charge in [-0.2, -0.15) is 0 Å². The van der Waals surface area contributed by atoms with Crippen LogP contribution < -0.4 is 0 Å². The molecule has 0 amide bonds. The number of rotatable bonds is 6. The SMILES string of the molecule is CCCCOC(=O)C(C)N1CCCCC1C(C)O. The van der Waals surface area contributed by atoms with Crippen LogP contribution in [0.3, 0.4) is 0 Å². The van der Waals surface area contributed by atoms with Crippen molar-refractivity contribution in [3.8, 4) is 0 Å². The van der Waals surface area contributed by atoms with Crippen molar-refractivity contribution in [2.75, 3.05) is 13.2 Å². The first-order valence-electron chi connectivity index (χ1n) is 7.18. The Balaban J connectivity index is 2.51. The second-order valence-corrected chi connectivity index (χ2v) is 5.24. The maximum absolute atomic E-state index is 11.9. The summed E-state index contributed by atoms with van der Waals surface area (Å²) in [6.45, 7) is 7.14. The maximum atomic E-state index is 11.9. The van der Waals surface area contributed by atoms with Gasteiger partial charge >= 0.3 is 5.97 Å². The van der Waals surface area contributed by atoms with Crippen molar-refractivity contribution in [3.63, 3.8) is 0 Å². The van der Waals surface area contributed by atoms with Crippen LogP contribution >= 0.6 is 0 Å². The second kappa shape index (κ2) is 7.74. The predicted molar refractivity (Wildman–Crippen MR) is 71.4 cm³/mol. The normalized spacial score (nSPS) is 24.6. The van der Waals surface area contributed by atoms with Crippen molar-refractivity contribution < 1.29 is 14.6 Å². The molecule has 3 atom stereocenters. The predicted octanol–water partition coefficient (Wildman–Crippen LogP) is 1.95.